The molecule has 0 saturated heterocycles. The number of halogens is 3. The zero-order valence-electron chi connectivity index (χ0n) is 14.1. The van der Waals surface area contributed by atoms with E-state index in [9.17, 15) is 13.6 Å². The van der Waals surface area contributed by atoms with Gasteiger partial charge in [-0.1, -0.05) is 23.7 Å². The van der Waals surface area contributed by atoms with Gasteiger partial charge in [-0.3, -0.25) is 4.79 Å². The molecule has 140 valence electrons. The number of hydrogen-bond acceptors (Lipinski definition) is 4. The molecule has 0 aliphatic rings. The predicted molar refractivity (Wildman–Crippen MR) is 96.3 cm³/mol. The number of hydrogen-bond donors (Lipinski definition) is 2. The van der Waals surface area contributed by atoms with Crippen LogP contribution in [0.3, 0.4) is 0 Å². The van der Waals surface area contributed by atoms with Crippen LogP contribution in [0.2, 0.25) is 5.02 Å². The molecule has 0 aliphatic heterocycles. The highest BCUT2D eigenvalue weighted by atomic mass is 35.5. The Kier molecular flexibility index (Phi) is 7.47. The van der Waals surface area contributed by atoms with Gasteiger partial charge in [0.05, 0.1) is 24.4 Å². The highest BCUT2D eigenvalue weighted by Crippen LogP contribution is 2.26. The second-order valence-corrected chi connectivity index (χ2v) is 5.73. The normalized spacial score (nSPS) is 10.5. The molecule has 0 unspecified atom stereocenters. The molecule has 0 aromatic heterocycles. The fraction of sp³-hybridized carbons (Fsp3) is 0.278. The van der Waals surface area contributed by atoms with Crippen LogP contribution in [0.4, 0.5) is 14.5 Å². The van der Waals surface area contributed by atoms with Crippen molar-refractivity contribution >= 4 is 23.2 Å². The summed E-state index contributed by atoms with van der Waals surface area (Å²) in [6.07, 6.45) is 0.570. The highest BCUT2D eigenvalue weighted by molar-refractivity contribution is 6.33. The van der Waals surface area contributed by atoms with Gasteiger partial charge in [0, 0.05) is 12.6 Å². The fourth-order valence-electron chi connectivity index (χ4n) is 2.19. The Bertz CT molecular complexity index is 727. The van der Waals surface area contributed by atoms with Crippen molar-refractivity contribution < 1.29 is 23.0 Å². The van der Waals surface area contributed by atoms with E-state index in [1.54, 1.807) is 37.4 Å². The largest absolute Gasteiger partial charge is 0.497 e. The molecule has 2 aromatic carbocycles. The zero-order chi connectivity index (χ0) is 18.9. The molecule has 8 heteroatoms. The molecule has 0 radical (unpaired) electrons. The lowest BCUT2D eigenvalue weighted by molar-refractivity contribution is -0.119. The van der Waals surface area contributed by atoms with Crippen LogP contribution in [0, 0.1) is 0 Å². The predicted octanol–water partition coefficient (Wildman–Crippen LogP) is 3.72. The molecule has 0 aliphatic carbocycles. The second kappa shape index (κ2) is 9.82. The number of rotatable bonds is 9. The lowest BCUT2D eigenvalue weighted by Gasteiger charge is -2.11. The van der Waals surface area contributed by atoms with Crippen LogP contribution >= 0.6 is 11.6 Å². The van der Waals surface area contributed by atoms with Gasteiger partial charge < -0.3 is 20.1 Å². The van der Waals surface area contributed by atoms with E-state index >= 15 is 0 Å². The molecular formula is C18H19ClF2N2O3. The monoisotopic (exact) mass is 384 g/mol. The molecule has 0 heterocycles. The van der Waals surface area contributed by atoms with E-state index in [0.29, 0.717) is 29.4 Å². The van der Waals surface area contributed by atoms with Crippen molar-refractivity contribution in [3.8, 4) is 11.5 Å². The Hall–Kier alpha value is -2.54. The maximum Gasteiger partial charge on any atom is 0.387 e. The van der Waals surface area contributed by atoms with Crippen molar-refractivity contribution in [3.05, 3.63) is 53.1 Å². The van der Waals surface area contributed by atoms with E-state index in [-0.39, 0.29) is 18.2 Å². The summed E-state index contributed by atoms with van der Waals surface area (Å²) in [6.45, 7) is -2.36. The third-order valence-corrected chi connectivity index (χ3v) is 3.83. The number of nitrogens with one attached hydrogen (secondary N) is 2. The third kappa shape index (κ3) is 6.40. The first-order valence-corrected chi connectivity index (χ1v) is 8.23. The summed E-state index contributed by atoms with van der Waals surface area (Å²) < 4.78 is 33.6. The number of ether oxygens (including phenoxy) is 2. The van der Waals surface area contributed by atoms with Gasteiger partial charge in [-0.05, 0) is 36.2 Å². The van der Waals surface area contributed by atoms with Crippen LogP contribution in [0.25, 0.3) is 0 Å². The summed E-state index contributed by atoms with van der Waals surface area (Å²) in [5.74, 6) is 0.547. The van der Waals surface area contributed by atoms with E-state index in [1.807, 2.05) is 0 Å². The standard InChI is InChI=1S/C18H19ClF2N2O3/c1-25-14-6-7-15(19)16(10-14)23-11-17(24)22-9-8-12-2-4-13(5-3-12)26-18(20)21/h2-7,10,18,23H,8-9,11H2,1H3,(H,22,24). The van der Waals surface area contributed by atoms with Crippen LogP contribution in [0.1, 0.15) is 5.56 Å². The van der Waals surface area contributed by atoms with Crippen LogP contribution in [0.5, 0.6) is 11.5 Å². The molecule has 0 bridgehead atoms. The van der Waals surface area contributed by atoms with Gasteiger partial charge in [0.2, 0.25) is 5.91 Å². The number of carbonyl (C=O) groups is 1. The number of amides is 1. The van der Waals surface area contributed by atoms with Crippen LogP contribution in [-0.2, 0) is 11.2 Å². The molecule has 0 spiro atoms. The average Bonchev–Trinajstić information content (AvgIpc) is 2.62. The van der Waals surface area contributed by atoms with Gasteiger partial charge in [-0.2, -0.15) is 8.78 Å². The van der Waals surface area contributed by atoms with E-state index in [4.69, 9.17) is 16.3 Å². The first-order valence-electron chi connectivity index (χ1n) is 7.86. The number of anilines is 1. The summed E-state index contributed by atoms with van der Waals surface area (Å²) in [6, 6.07) is 11.4. The molecule has 2 aromatic rings. The Balaban J connectivity index is 1.73. The Morgan fingerprint density at radius 1 is 1.15 bits per heavy atom. The molecule has 2 rings (SSSR count). The number of alkyl halides is 2. The molecule has 26 heavy (non-hydrogen) atoms. The fourth-order valence-corrected chi connectivity index (χ4v) is 2.37. The third-order valence-electron chi connectivity index (χ3n) is 3.50. The average molecular weight is 385 g/mol. The van der Waals surface area contributed by atoms with Gasteiger partial charge >= 0.3 is 6.61 Å². The first-order chi connectivity index (χ1) is 12.5. The Morgan fingerprint density at radius 3 is 2.50 bits per heavy atom. The van der Waals surface area contributed by atoms with Crippen molar-refractivity contribution in [1.82, 2.24) is 5.32 Å². The summed E-state index contributed by atoms with van der Waals surface area (Å²) >= 11 is 6.06. The molecule has 2 N–H and O–H groups in total. The van der Waals surface area contributed by atoms with Crippen molar-refractivity contribution in [1.29, 1.82) is 0 Å². The van der Waals surface area contributed by atoms with E-state index in [0.717, 1.165) is 5.56 Å². The van der Waals surface area contributed by atoms with Crippen molar-refractivity contribution in [2.24, 2.45) is 0 Å². The van der Waals surface area contributed by atoms with Crippen LogP contribution < -0.4 is 20.1 Å². The minimum Gasteiger partial charge on any atom is -0.497 e. The van der Waals surface area contributed by atoms with E-state index in [2.05, 4.69) is 15.4 Å². The Labute approximate surface area is 155 Å². The van der Waals surface area contributed by atoms with Gasteiger partial charge in [0.1, 0.15) is 11.5 Å². The topological polar surface area (TPSA) is 59.6 Å². The van der Waals surface area contributed by atoms with Crippen molar-refractivity contribution in [2.75, 3.05) is 25.5 Å². The molecular weight excluding hydrogens is 366 g/mol. The summed E-state index contributed by atoms with van der Waals surface area (Å²) in [5, 5.41) is 6.21. The molecule has 0 saturated carbocycles. The maximum absolute atomic E-state index is 12.1. The zero-order valence-corrected chi connectivity index (χ0v) is 14.9. The molecule has 1 amide bonds. The van der Waals surface area contributed by atoms with Crippen LogP contribution in [-0.4, -0.2) is 32.7 Å². The van der Waals surface area contributed by atoms with Gasteiger partial charge in [-0.15, -0.1) is 0 Å². The SMILES string of the molecule is COc1ccc(Cl)c(NCC(=O)NCCc2ccc(OC(F)F)cc2)c1. The maximum atomic E-state index is 12.1. The van der Waals surface area contributed by atoms with Gasteiger partial charge in [0.15, 0.2) is 0 Å². The molecule has 5 nitrogen and oxygen atoms in total. The minimum atomic E-state index is -2.84. The molecule has 0 fully saturated rings. The highest BCUT2D eigenvalue weighted by Gasteiger charge is 2.06. The van der Waals surface area contributed by atoms with E-state index in [1.165, 1.54) is 12.1 Å². The van der Waals surface area contributed by atoms with Crippen LogP contribution in [0.15, 0.2) is 42.5 Å². The number of methoxy groups -OCH3 is 1. The summed E-state index contributed by atoms with van der Waals surface area (Å²) in [7, 11) is 1.55. The molecule has 0 atom stereocenters. The smallest absolute Gasteiger partial charge is 0.387 e. The number of carbonyl (C=O) groups excluding carboxylic acids is 1. The lowest BCUT2D eigenvalue weighted by atomic mass is 10.1. The summed E-state index contributed by atoms with van der Waals surface area (Å²) in [5.41, 5.74) is 1.51. The van der Waals surface area contributed by atoms with Crippen molar-refractivity contribution in [3.63, 3.8) is 0 Å². The van der Waals surface area contributed by atoms with Gasteiger partial charge in [0.25, 0.3) is 0 Å². The Morgan fingerprint density at radius 2 is 1.85 bits per heavy atom. The minimum absolute atomic E-state index is 0.0635. The number of benzene rings is 2. The summed E-state index contributed by atoms with van der Waals surface area (Å²) in [4.78, 5) is 11.9. The quantitative estimate of drug-likeness (QED) is 0.691. The van der Waals surface area contributed by atoms with Gasteiger partial charge in [-0.25, -0.2) is 0 Å². The van der Waals surface area contributed by atoms with Crippen molar-refractivity contribution in [2.45, 2.75) is 13.0 Å². The second-order valence-electron chi connectivity index (χ2n) is 5.32. The lowest BCUT2D eigenvalue weighted by Crippen LogP contribution is -2.31. The first kappa shape index (κ1) is 19.8. The van der Waals surface area contributed by atoms with E-state index < -0.39 is 6.61 Å².